The Bertz CT molecular complexity index is 875. The van der Waals surface area contributed by atoms with Crippen LogP contribution < -0.4 is 5.32 Å². The molecule has 0 aliphatic carbocycles. The minimum atomic E-state index is -0.232. The molecule has 4 heteroatoms. The Labute approximate surface area is 128 Å². The van der Waals surface area contributed by atoms with Gasteiger partial charge in [0.15, 0.2) is 0 Å². The second-order valence-electron chi connectivity index (χ2n) is 4.83. The first-order valence-electron chi connectivity index (χ1n) is 6.89. The fourth-order valence-electron chi connectivity index (χ4n) is 2.38. The van der Waals surface area contributed by atoms with Crippen LogP contribution >= 0.6 is 0 Å². The van der Waals surface area contributed by atoms with E-state index in [1.54, 1.807) is 24.4 Å². The van der Waals surface area contributed by atoms with Crippen LogP contribution in [0.25, 0.3) is 10.9 Å². The van der Waals surface area contributed by atoms with E-state index in [4.69, 9.17) is 5.26 Å². The standard InChI is InChI=1S/C18H13N3O/c19-11-10-13-5-1-2-8-15(13)18(22)21-16-9-3-6-14-7-4-12-20-17(14)16/h1-9,12H,10H2,(H,21,22). The molecular weight excluding hydrogens is 274 g/mol. The van der Waals surface area contributed by atoms with Gasteiger partial charge in [0, 0.05) is 17.1 Å². The number of hydrogen-bond acceptors (Lipinski definition) is 3. The Balaban J connectivity index is 1.96. The van der Waals surface area contributed by atoms with Gasteiger partial charge in [-0.15, -0.1) is 0 Å². The summed E-state index contributed by atoms with van der Waals surface area (Å²) in [6.07, 6.45) is 1.90. The zero-order valence-corrected chi connectivity index (χ0v) is 11.8. The zero-order valence-electron chi connectivity index (χ0n) is 11.8. The minimum absolute atomic E-state index is 0.206. The molecule has 22 heavy (non-hydrogen) atoms. The molecule has 1 N–H and O–H groups in total. The monoisotopic (exact) mass is 287 g/mol. The predicted octanol–water partition coefficient (Wildman–Crippen LogP) is 3.55. The minimum Gasteiger partial charge on any atom is -0.320 e. The SMILES string of the molecule is N#CCc1ccccc1C(=O)Nc1cccc2cccnc12. The number of nitrogens with zero attached hydrogens (tertiary/aromatic N) is 2. The number of rotatable bonds is 3. The molecule has 0 unspecified atom stereocenters. The first-order chi connectivity index (χ1) is 10.8. The third-order valence-electron chi connectivity index (χ3n) is 3.41. The number of anilines is 1. The summed E-state index contributed by atoms with van der Waals surface area (Å²) in [5.74, 6) is -0.232. The van der Waals surface area contributed by atoms with Crippen molar-refractivity contribution in [2.45, 2.75) is 6.42 Å². The van der Waals surface area contributed by atoms with Crippen LogP contribution in [0.4, 0.5) is 5.69 Å². The second kappa shape index (κ2) is 6.06. The predicted molar refractivity (Wildman–Crippen MR) is 85.5 cm³/mol. The first-order valence-corrected chi connectivity index (χ1v) is 6.89. The van der Waals surface area contributed by atoms with Crippen molar-refractivity contribution in [1.29, 1.82) is 5.26 Å². The van der Waals surface area contributed by atoms with Gasteiger partial charge in [-0.05, 0) is 23.8 Å². The van der Waals surface area contributed by atoms with Crippen molar-refractivity contribution in [3.63, 3.8) is 0 Å². The summed E-state index contributed by atoms with van der Waals surface area (Å²) in [5.41, 5.74) is 2.64. The number of nitriles is 1. The smallest absolute Gasteiger partial charge is 0.256 e. The van der Waals surface area contributed by atoms with E-state index < -0.39 is 0 Å². The fourth-order valence-corrected chi connectivity index (χ4v) is 2.38. The van der Waals surface area contributed by atoms with Crippen LogP contribution in [0.1, 0.15) is 15.9 Å². The van der Waals surface area contributed by atoms with Crippen LogP contribution in [0, 0.1) is 11.3 Å². The lowest BCUT2D eigenvalue weighted by Crippen LogP contribution is -2.14. The molecule has 0 aliphatic heterocycles. The summed E-state index contributed by atoms with van der Waals surface area (Å²) in [6, 6.07) is 18.7. The highest BCUT2D eigenvalue weighted by molar-refractivity contribution is 6.09. The second-order valence-corrected chi connectivity index (χ2v) is 4.83. The summed E-state index contributed by atoms with van der Waals surface area (Å²) in [7, 11) is 0. The number of fused-ring (bicyclic) bond motifs is 1. The van der Waals surface area contributed by atoms with Gasteiger partial charge in [-0.25, -0.2) is 0 Å². The van der Waals surface area contributed by atoms with Crippen molar-refractivity contribution >= 4 is 22.5 Å². The molecule has 0 radical (unpaired) electrons. The molecule has 3 rings (SSSR count). The normalized spacial score (nSPS) is 10.1. The van der Waals surface area contributed by atoms with Crippen LogP contribution in [0.5, 0.6) is 0 Å². The zero-order chi connectivity index (χ0) is 15.4. The van der Waals surface area contributed by atoms with E-state index in [0.717, 1.165) is 16.5 Å². The molecule has 1 amide bonds. The number of para-hydroxylation sites is 1. The Kier molecular flexibility index (Phi) is 3.80. The van der Waals surface area contributed by atoms with E-state index in [1.165, 1.54) is 0 Å². The average Bonchev–Trinajstić information content (AvgIpc) is 2.56. The molecule has 0 saturated heterocycles. The van der Waals surface area contributed by atoms with E-state index >= 15 is 0 Å². The van der Waals surface area contributed by atoms with Crippen molar-refractivity contribution in [2.75, 3.05) is 5.32 Å². The molecule has 1 aromatic heterocycles. The molecule has 2 aromatic carbocycles. The summed E-state index contributed by atoms with van der Waals surface area (Å²) in [4.78, 5) is 16.8. The van der Waals surface area contributed by atoms with Crippen molar-refractivity contribution in [3.05, 3.63) is 71.9 Å². The van der Waals surface area contributed by atoms with Crippen LogP contribution in [0.15, 0.2) is 60.8 Å². The molecule has 4 nitrogen and oxygen atoms in total. The Hall–Kier alpha value is -3.19. The molecule has 106 valence electrons. The maximum absolute atomic E-state index is 12.5. The highest BCUT2D eigenvalue weighted by Crippen LogP contribution is 2.22. The van der Waals surface area contributed by atoms with Crippen molar-refractivity contribution in [2.24, 2.45) is 0 Å². The molecule has 0 saturated carbocycles. The number of carbonyl (C=O) groups is 1. The number of benzene rings is 2. The van der Waals surface area contributed by atoms with E-state index in [1.807, 2.05) is 36.4 Å². The Morgan fingerprint density at radius 2 is 1.91 bits per heavy atom. The number of carbonyl (C=O) groups excluding carboxylic acids is 1. The van der Waals surface area contributed by atoms with Crippen molar-refractivity contribution < 1.29 is 4.79 Å². The highest BCUT2D eigenvalue weighted by atomic mass is 16.1. The third-order valence-corrected chi connectivity index (χ3v) is 3.41. The lowest BCUT2D eigenvalue weighted by molar-refractivity contribution is 0.102. The molecule has 3 aromatic rings. The van der Waals surface area contributed by atoms with Gasteiger partial charge in [0.2, 0.25) is 0 Å². The molecule has 1 heterocycles. The van der Waals surface area contributed by atoms with Crippen LogP contribution in [-0.4, -0.2) is 10.9 Å². The van der Waals surface area contributed by atoms with Crippen LogP contribution in [0.3, 0.4) is 0 Å². The quantitative estimate of drug-likeness (QED) is 0.801. The Morgan fingerprint density at radius 1 is 1.09 bits per heavy atom. The summed E-state index contributed by atoms with van der Waals surface area (Å²) in [5, 5.41) is 12.7. The van der Waals surface area contributed by atoms with Gasteiger partial charge < -0.3 is 5.32 Å². The molecule has 0 spiro atoms. The summed E-state index contributed by atoms with van der Waals surface area (Å²) < 4.78 is 0. The van der Waals surface area contributed by atoms with Crippen molar-refractivity contribution in [1.82, 2.24) is 4.98 Å². The summed E-state index contributed by atoms with van der Waals surface area (Å²) >= 11 is 0. The third kappa shape index (κ3) is 2.65. The van der Waals surface area contributed by atoms with Gasteiger partial charge in [-0.1, -0.05) is 36.4 Å². The highest BCUT2D eigenvalue weighted by Gasteiger charge is 2.12. The van der Waals surface area contributed by atoms with Gasteiger partial charge in [0.25, 0.3) is 5.91 Å². The fraction of sp³-hybridized carbons (Fsp3) is 0.0556. The average molecular weight is 287 g/mol. The number of aromatic nitrogens is 1. The Morgan fingerprint density at radius 3 is 2.77 bits per heavy atom. The number of hydrogen-bond donors (Lipinski definition) is 1. The van der Waals surface area contributed by atoms with E-state index in [9.17, 15) is 4.79 Å². The lowest BCUT2D eigenvalue weighted by atomic mass is 10.0. The largest absolute Gasteiger partial charge is 0.320 e. The number of pyridine rings is 1. The number of nitrogens with one attached hydrogen (secondary N) is 1. The van der Waals surface area contributed by atoms with Gasteiger partial charge in [0.05, 0.1) is 23.7 Å². The molecule has 0 fully saturated rings. The van der Waals surface area contributed by atoms with E-state index in [-0.39, 0.29) is 12.3 Å². The maximum atomic E-state index is 12.5. The van der Waals surface area contributed by atoms with Crippen LogP contribution in [0.2, 0.25) is 0 Å². The van der Waals surface area contributed by atoms with Crippen molar-refractivity contribution in [3.8, 4) is 6.07 Å². The summed E-state index contributed by atoms with van der Waals surface area (Å²) in [6.45, 7) is 0. The van der Waals surface area contributed by atoms with Gasteiger partial charge in [0.1, 0.15) is 0 Å². The van der Waals surface area contributed by atoms with Gasteiger partial charge >= 0.3 is 0 Å². The topological polar surface area (TPSA) is 65.8 Å². The lowest BCUT2D eigenvalue weighted by Gasteiger charge is -2.10. The van der Waals surface area contributed by atoms with Gasteiger partial charge in [-0.3, -0.25) is 9.78 Å². The van der Waals surface area contributed by atoms with Crippen LogP contribution in [-0.2, 0) is 6.42 Å². The first kappa shape index (κ1) is 13.8. The molecule has 0 aliphatic rings. The molecule has 0 atom stereocenters. The maximum Gasteiger partial charge on any atom is 0.256 e. The van der Waals surface area contributed by atoms with E-state index in [0.29, 0.717) is 11.3 Å². The molecular formula is C18H13N3O. The van der Waals surface area contributed by atoms with E-state index in [2.05, 4.69) is 16.4 Å². The van der Waals surface area contributed by atoms with Gasteiger partial charge in [-0.2, -0.15) is 5.26 Å². The molecule has 0 bridgehead atoms. The number of amides is 1.